The number of hydrogen-bond donors (Lipinski definition) is 0. The molecule has 1 heterocycles. The molecule has 7 heteroatoms. The van der Waals surface area contributed by atoms with Crippen LogP contribution in [0.3, 0.4) is 0 Å². The number of nitrogens with zero attached hydrogens (tertiary/aromatic N) is 1. The van der Waals surface area contributed by atoms with Crippen LogP contribution in [0.2, 0.25) is 0 Å². The molecule has 0 aliphatic carbocycles. The van der Waals surface area contributed by atoms with Crippen LogP contribution in [0.1, 0.15) is 37.7 Å². The number of piperidine rings is 1. The molecular weight excluding hydrogens is 329 g/mol. The molecule has 0 unspecified atom stereocenters. The molecule has 1 fully saturated rings. The SMILES string of the molecule is O=C(CCC(F)(F)F)N1CCC[C@@H](CCc2c(F)cccc2F)C1. The summed E-state index contributed by atoms with van der Waals surface area (Å²) in [4.78, 5) is 13.3. The van der Waals surface area contributed by atoms with Gasteiger partial charge >= 0.3 is 6.18 Å². The quantitative estimate of drug-likeness (QED) is 0.718. The fourth-order valence-electron chi connectivity index (χ4n) is 3.05. The molecule has 1 amide bonds. The second-order valence-corrected chi connectivity index (χ2v) is 6.20. The van der Waals surface area contributed by atoms with E-state index in [9.17, 15) is 26.7 Å². The molecule has 0 saturated carbocycles. The van der Waals surface area contributed by atoms with Crippen LogP contribution in [0.5, 0.6) is 0 Å². The van der Waals surface area contributed by atoms with E-state index in [4.69, 9.17) is 0 Å². The first-order chi connectivity index (χ1) is 11.3. The van der Waals surface area contributed by atoms with Gasteiger partial charge in [0.05, 0.1) is 6.42 Å². The first-order valence-electron chi connectivity index (χ1n) is 8.03. The molecule has 24 heavy (non-hydrogen) atoms. The summed E-state index contributed by atoms with van der Waals surface area (Å²) in [5, 5.41) is 0. The molecule has 1 atom stereocenters. The van der Waals surface area contributed by atoms with Gasteiger partial charge in [-0.05, 0) is 43.7 Å². The van der Waals surface area contributed by atoms with Crippen molar-refractivity contribution in [2.45, 2.75) is 44.7 Å². The van der Waals surface area contributed by atoms with Crippen LogP contribution in [-0.4, -0.2) is 30.1 Å². The number of amides is 1. The average Bonchev–Trinajstić information content (AvgIpc) is 2.52. The van der Waals surface area contributed by atoms with Crippen molar-refractivity contribution in [1.82, 2.24) is 4.90 Å². The van der Waals surface area contributed by atoms with Crippen molar-refractivity contribution < 1.29 is 26.7 Å². The number of hydrogen-bond acceptors (Lipinski definition) is 1. The number of rotatable bonds is 5. The molecule has 134 valence electrons. The van der Waals surface area contributed by atoms with Crippen LogP contribution in [0.4, 0.5) is 22.0 Å². The van der Waals surface area contributed by atoms with E-state index in [2.05, 4.69) is 0 Å². The van der Waals surface area contributed by atoms with E-state index in [1.807, 2.05) is 0 Å². The first-order valence-corrected chi connectivity index (χ1v) is 8.03. The van der Waals surface area contributed by atoms with Crippen LogP contribution in [0.15, 0.2) is 18.2 Å². The molecule has 2 rings (SSSR count). The van der Waals surface area contributed by atoms with Gasteiger partial charge in [-0.15, -0.1) is 0 Å². The molecule has 0 N–H and O–H groups in total. The molecule has 1 aromatic rings. The highest BCUT2D eigenvalue weighted by Gasteiger charge is 2.30. The highest BCUT2D eigenvalue weighted by Crippen LogP contribution is 2.26. The predicted molar refractivity (Wildman–Crippen MR) is 79.3 cm³/mol. The molecule has 0 bridgehead atoms. The van der Waals surface area contributed by atoms with E-state index in [-0.39, 0.29) is 17.9 Å². The van der Waals surface area contributed by atoms with E-state index in [0.29, 0.717) is 25.9 Å². The van der Waals surface area contributed by atoms with Crippen molar-refractivity contribution in [2.24, 2.45) is 5.92 Å². The van der Waals surface area contributed by atoms with Gasteiger partial charge in [0.1, 0.15) is 11.6 Å². The minimum Gasteiger partial charge on any atom is -0.342 e. The third kappa shape index (κ3) is 5.46. The van der Waals surface area contributed by atoms with Crippen molar-refractivity contribution >= 4 is 5.91 Å². The van der Waals surface area contributed by atoms with Crippen LogP contribution in [0.25, 0.3) is 0 Å². The smallest absolute Gasteiger partial charge is 0.342 e. The Balaban J connectivity index is 1.86. The maximum atomic E-state index is 13.6. The molecule has 0 spiro atoms. The lowest BCUT2D eigenvalue weighted by molar-refractivity contribution is -0.150. The zero-order valence-corrected chi connectivity index (χ0v) is 13.2. The Bertz CT molecular complexity index is 552. The summed E-state index contributed by atoms with van der Waals surface area (Å²) in [5.41, 5.74) is 0.0259. The highest BCUT2D eigenvalue weighted by molar-refractivity contribution is 5.76. The van der Waals surface area contributed by atoms with Gasteiger partial charge in [-0.2, -0.15) is 13.2 Å². The maximum Gasteiger partial charge on any atom is 0.389 e. The lowest BCUT2D eigenvalue weighted by Crippen LogP contribution is -2.40. The Labute approximate surface area is 137 Å². The maximum absolute atomic E-state index is 13.6. The van der Waals surface area contributed by atoms with Gasteiger partial charge < -0.3 is 4.90 Å². The van der Waals surface area contributed by atoms with E-state index >= 15 is 0 Å². The second-order valence-electron chi connectivity index (χ2n) is 6.20. The number of alkyl halides is 3. The zero-order chi connectivity index (χ0) is 17.7. The van der Waals surface area contributed by atoms with Gasteiger partial charge in [0.2, 0.25) is 5.91 Å². The number of halogens is 5. The standard InChI is InChI=1S/C17H20F5NO/c18-14-4-1-5-15(19)13(14)7-6-12-3-2-10-23(11-12)16(24)8-9-17(20,21)22/h1,4-5,12H,2-3,6-11H2/t12-/m0/s1. The molecule has 1 aliphatic rings. The van der Waals surface area contributed by atoms with Crippen LogP contribution >= 0.6 is 0 Å². The van der Waals surface area contributed by atoms with Crippen molar-refractivity contribution in [3.63, 3.8) is 0 Å². The second kappa shape index (κ2) is 7.94. The number of benzene rings is 1. The minimum absolute atomic E-state index is 0.0259. The van der Waals surface area contributed by atoms with Crippen LogP contribution in [0, 0.1) is 17.6 Å². The topological polar surface area (TPSA) is 20.3 Å². The predicted octanol–water partition coefficient (Wildman–Crippen LogP) is 4.48. The van der Waals surface area contributed by atoms with Crippen molar-refractivity contribution in [3.05, 3.63) is 35.4 Å². The number of carbonyl (C=O) groups is 1. The van der Waals surface area contributed by atoms with Crippen molar-refractivity contribution in [1.29, 1.82) is 0 Å². The highest BCUT2D eigenvalue weighted by atomic mass is 19.4. The minimum atomic E-state index is -4.34. The van der Waals surface area contributed by atoms with Gasteiger partial charge in [-0.1, -0.05) is 6.07 Å². The van der Waals surface area contributed by atoms with Crippen molar-refractivity contribution in [2.75, 3.05) is 13.1 Å². The Morgan fingerprint density at radius 3 is 2.50 bits per heavy atom. The van der Waals surface area contributed by atoms with E-state index in [1.165, 1.54) is 23.1 Å². The van der Waals surface area contributed by atoms with Gasteiger partial charge in [0.15, 0.2) is 0 Å². The van der Waals surface area contributed by atoms with E-state index < -0.39 is 36.6 Å². The number of carbonyl (C=O) groups excluding carboxylic acids is 1. The largest absolute Gasteiger partial charge is 0.389 e. The van der Waals surface area contributed by atoms with E-state index in [1.54, 1.807) is 0 Å². The molecule has 1 aliphatic heterocycles. The molecular formula is C17H20F5NO. The molecule has 0 radical (unpaired) electrons. The normalized spacial score (nSPS) is 18.7. The Morgan fingerprint density at radius 2 is 1.88 bits per heavy atom. The van der Waals surface area contributed by atoms with Gasteiger partial charge in [0.25, 0.3) is 0 Å². The summed E-state index contributed by atoms with van der Waals surface area (Å²) in [7, 11) is 0. The first kappa shape index (κ1) is 18.7. The monoisotopic (exact) mass is 349 g/mol. The van der Waals surface area contributed by atoms with Gasteiger partial charge in [0, 0.05) is 25.1 Å². The van der Waals surface area contributed by atoms with Gasteiger partial charge in [-0.3, -0.25) is 4.79 Å². The molecule has 2 nitrogen and oxygen atoms in total. The summed E-state index contributed by atoms with van der Waals surface area (Å²) in [6, 6.07) is 3.70. The summed E-state index contributed by atoms with van der Waals surface area (Å²) in [6.07, 6.45) is -3.78. The third-order valence-corrected chi connectivity index (χ3v) is 4.36. The fraction of sp³-hybridized carbons (Fsp3) is 0.588. The summed E-state index contributed by atoms with van der Waals surface area (Å²) in [5.74, 6) is -1.64. The number of likely N-dealkylation sites (tertiary alicyclic amines) is 1. The molecule has 1 aromatic carbocycles. The molecule has 0 aromatic heterocycles. The van der Waals surface area contributed by atoms with Crippen LogP contribution < -0.4 is 0 Å². The Morgan fingerprint density at radius 1 is 1.21 bits per heavy atom. The van der Waals surface area contributed by atoms with E-state index in [0.717, 1.165) is 6.42 Å². The van der Waals surface area contributed by atoms with Gasteiger partial charge in [-0.25, -0.2) is 8.78 Å². The lowest BCUT2D eigenvalue weighted by Gasteiger charge is -2.33. The van der Waals surface area contributed by atoms with Crippen LogP contribution in [-0.2, 0) is 11.2 Å². The summed E-state index contributed by atoms with van der Waals surface area (Å²) in [6.45, 7) is 0.800. The average molecular weight is 349 g/mol. The Kier molecular flexibility index (Phi) is 6.18. The molecule has 1 saturated heterocycles. The Hall–Kier alpha value is -1.66. The fourth-order valence-corrected chi connectivity index (χ4v) is 3.05. The summed E-state index contributed by atoms with van der Waals surface area (Å²) < 4.78 is 63.8. The van der Waals surface area contributed by atoms with Crippen molar-refractivity contribution in [3.8, 4) is 0 Å². The lowest BCUT2D eigenvalue weighted by atomic mass is 9.91. The summed E-state index contributed by atoms with van der Waals surface area (Å²) >= 11 is 0. The zero-order valence-electron chi connectivity index (χ0n) is 13.2. The third-order valence-electron chi connectivity index (χ3n) is 4.36.